The minimum absolute atomic E-state index is 0.0644. The lowest BCUT2D eigenvalue weighted by Gasteiger charge is -2.32. The van der Waals surface area contributed by atoms with Crippen molar-refractivity contribution in [1.82, 2.24) is 15.1 Å². The number of nitrogens with one attached hydrogen (secondary N) is 1. The predicted octanol–water partition coefficient (Wildman–Crippen LogP) is 1.29. The summed E-state index contributed by atoms with van der Waals surface area (Å²) < 4.78 is 0. The van der Waals surface area contributed by atoms with E-state index in [2.05, 4.69) is 34.5 Å². The summed E-state index contributed by atoms with van der Waals surface area (Å²) >= 11 is 0. The van der Waals surface area contributed by atoms with Gasteiger partial charge in [0, 0.05) is 39.6 Å². The number of likely N-dealkylation sites (N-methyl/N-ethyl adjacent to an activating group) is 1. The maximum absolute atomic E-state index is 11.9. The van der Waals surface area contributed by atoms with E-state index >= 15 is 0 Å². The van der Waals surface area contributed by atoms with Crippen molar-refractivity contribution in [2.45, 2.75) is 32.2 Å². The van der Waals surface area contributed by atoms with Gasteiger partial charge < -0.3 is 15.1 Å². The molecule has 1 N–H and O–H groups in total. The number of benzene rings is 1. The summed E-state index contributed by atoms with van der Waals surface area (Å²) in [7, 11) is 1.65. The van der Waals surface area contributed by atoms with Gasteiger partial charge in [-0.15, -0.1) is 0 Å². The zero-order chi connectivity index (χ0) is 16.7. The molecule has 126 valence electrons. The van der Waals surface area contributed by atoms with Crippen molar-refractivity contribution in [1.29, 1.82) is 0 Å². The Morgan fingerprint density at radius 3 is 2.48 bits per heavy atom. The molecule has 0 unspecified atom stereocenters. The van der Waals surface area contributed by atoms with Crippen molar-refractivity contribution in [3.63, 3.8) is 0 Å². The molecule has 0 saturated carbocycles. The molecule has 2 amide bonds. The summed E-state index contributed by atoms with van der Waals surface area (Å²) in [6.07, 6.45) is 3.02. The van der Waals surface area contributed by atoms with Crippen molar-refractivity contribution in [2.24, 2.45) is 0 Å². The van der Waals surface area contributed by atoms with Gasteiger partial charge in [-0.3, -0.25) is 9.59 Å². The molecule has 0 bridgehead atoms. The molecular formula is C18H27N3O2. The van der Waals surface area contributed by atoms with E-state index in [0.717, 1.165) is 38.9 Å². The van der Waals surface area contributed by atoms with Gasteiger partial charge in [-0.25, -0.2) is 0 Å². The molecule has 1 aromatic rings. The number of hydrogen-bond acceptors (Lipinski definition) is 3. The lowest BCUT2D eigenvalue weighted by molar-refractivity contribution is -0.133. The lowest BCUT2D eigenvalue weighted by Crippen LogP contribution is -2.47. The minimum atomic E-state index is -0.0871. The Hall–Kier alpha value is -1.88. The third-order valence-corrected chi connectivity index (χ3v) is 4.43. The van der Waals surface area contributed by atoms with Crippen LogP contribution in [-0.4, -0.2) is 60.9 Å². The van der Waals surface area contributed by atoms with E-state index in [4.69, 9.17) is 0 Å². The van der Waals surface area contributed by atoms with Crippen LogP contribution in [0.15, 0.2) is 30.3 Å². The maximum Gasteiger partial charge on any atom is 0.239 e. The number of carbonyl (C=O) groups excluding carboxylic acids is 2. The Kier molecular flexibility index (Phi) is 6.59. The maximum atomic E-state index is 11.9. The Labute approximate surface area is 138 Å². The topological polar surface area (TPSA) is 52.7 Å². The van der Waals surface area contributed by atoms with Crippen LogP contribution in [0, 0.1) is 0 Å². The van der Waals surface area contributed by atoms with Gasteiger partial charge in [-0.2, -0.15) is 0 Å². The molecule has 5 nitrogen and oxygen atoms in total. The molecule has 5 heteroatoms. The number of carbonyl (C=O) groups is 2. The fourth-order valence-corrected chi connectivity index (χ4v) is 2.83. The van der Waals surface area contributed by atoms with Crippen LogP contribution in [0.5, 0.6) is 0 Å². The first-order valence-electron chi connectivity index (χ1n) is 8.32. The van der Waals surface area contributed by atoms with Crippen LogP contribution in [0.4, 0.5) is 0 Å². The molecule has 1 saturated heterocycles. The summed E-state index contributed by atoms with van der Waals surface area (Å²) in [5, 5.41) is 3.04. The van der Waals surface area contributed by atoms with Gasteiger partial charge in [0.05, 0.1) is 6.54 Å². The molecule has 0 aromatic heterocycles. The minimum Gasteiger partial charge on any atom is -0.352 e. The number of rotatable bonds is 6. The molecule has 2 rings (SSSR count). The number of amides is 2. The largest absolute Gasteiger partial charge is 0.352 e. The van der Waals surface area contributed by atoms with Crippen LogP contribution < -0.4 is 5.32 Å². The zero-order valence-corrected chi connectivity index (χ0v) is 14.1. The summed E-state index contributed by atoms with van der Waals surface area (Å²) in [5.74, 6) is -0.152. The second-order valence-corrected chi connectivity index (χ2v) is 6.29. The highest BCUT2D eigenvalue weighted by Gasteiger charge is 2.21. The van der Waals surface area contributed by atoms with Crippen molar-refractivity contribution < 1.29 is 9.59 Å². The second-order valence-electron chi connectivity index (χ2n) is 6.29. The number of likely N-dealkylation sites (tertiary alicyclic amines) is 1. The molecule has 0 radical (unpaired) electrons. The summed E-state index contributed by atoms with van der Waals surface area (Å²) in [6.45, 7) is 4.71. The molecule has 0 atom stereocenters. The molecule has 23 heavy (non-hydrogen) atoms. The second kappa shape index (κ2) is 8.67. The Bertz CT molecular complexity index is 510. The SMILES string of the molecule is CC(=O)N(C)CC(=O)NC1CCN(CCc2ccccc2)CC1. The number of piperidine rings is 1. The normalized spacial score (nSPS) is 16.1. The molecule has 0 aliphatic carbocycles. The van der Waals surface area contributed by atoms with E-state index in [-0.39, 0.29) is 24.4 Å². The van der Waals surface area contributed by atoms with Gasteiger partial charge in [-0.1, -0.05) is 30.3 Å². The van der Waals surface area contributed by atoms with Gasteiger partial charge in [-0.05, 0) is 24.8 Å². The number of nitrogens with zero attached hydrogens (tertiary/aromatic N) is 2. The van der Waals surface area contributed by atoms with Crippen LogP contribution in [0.3, 0.4) is 0 Å². The summed E-state index contributed by atoms with van der Waals surface area (Å²) in [4.78, 5) is 26.9. The average molecular weight is 317 g/mol. The third kappa shape index (κ3) is 6.02. The fraction of sp³-hybridized carbons (Fsp3) is 0.556. The van der Waals surface area contributed by atoms with Crippen LogP contribution in [-0.2, 0) is 16.0 Å². The summed E-state index contributed by atoms with van der Waals surface area (Å²) in [6, 6.07) is 10.8. The van der Waals surface area contributed by atoms with Gasteiger partial charge in [0.25, 0.3) is 0 Å². The van der Waals surface area contributed by atoms with E-state index in [9.17, 15) is 9.59 Å². The van der Waals surface area contributed by atoms with E-state index in [1.165, 1.54) is 17.4 Å². The third-order valence-electron chi connectivity index (χ3n) is 4.43. The molecule has 1 aliphatic heterocycles. The molecule has 0 spiro atoms. The Balaban J connectivity index is 1.65. The highest BCUT2D eigenvalue weighted by Crippen LogP contribution is 2.11. The lowest BCUT2D eigenvalue weighted by atomic mass is 10.0. The van der Waals surface area contributed by atoms with Crippen LogP contribution in [0.2, 0.25) is 0 Å². The van der Waals surface area contributed by atoms with Crippen molar-refractivity contribution in [3.05, 3.63) is 35.9 Å². The quantitative estimate of drug-likeness (QED) is 0.860. The standard InChI is InChI=1S/C18H27N3O2/c1-15(22)20(2)14-18(23)19-17-9-12-21(13-10-17)11-8-16-6-4-3-5-7-16/h3-7,17H,8-14H2,1-2H3,(H,19,23). The molecule has 1 aromatic carbocycles. The first kappa shape index (κ1) is 17.5. The van der Waals surface area contributed by atoms with E-state index in [0.29, 0.717) is 0 Å². The van der Waals surface area contributed by atoms with Gasteiger partial charge >= 0.3 is 0 Å². The Morgan fingerprint density at radius 1 is 1.22 bits per heavy atom. The van der Waals surface area contributed by atoms with Crippen molar-refractivity contribution >= 4 is 11.8 Å². The smallest absolute Gasteiger partial charge is 0.239 e. The van der Waals surface area contributed by atoms with E-state index in [1.54, 1.807) is 7.05 Å². The molecule has 1 aliphatic rings. The fourth-order valence-electron chi connectivity index (χ4n) is 2.83. The molecule has 1 fully saturated rings. The predicted molar refractivity (Wildman–Crippen MR) is 91.1 cm³/mol. The van der Waals surface area contributed by atoms with E-state index < -0.39 is 0 Å². The van der Waals surface area contributed by atoms with Gasteiger partial charge in [0.1, 0.15) is 0 Å². The highest BCUT2D eigenvalue weighted by atomic mass is 16.2. The summed E-state index contributed by atoms with van der Waals surface area (Å²) in [5.41, 5.74) is 1.37. The van der Waals surface area contributed by atoms with Gasteiger partial charge in [0.15, 0.2) is 0 Å². The monoisotopic (exact) mass is 317 g/mol. The van der Waals surface area contributed by atoms with Gasteiger partial charge in [0.2, 0.25) is 11.8 Å². The molecular weight excluding hydrogens is 290 g/mol. The number of hydrogen-bond donors (Lipinski definition) is 1. The first-order chi connectivity index (χ1) is 11.0. The highest BCUT2D eigenvalue weighted by molar-refractivity contribution is 5.83. The van der Waals surface area contributed by atoms with Crippen molar-refractivity contribution in [3.8, 4) is 0 Å². The zero-order valence-electron chi connectivity index (χ0n) is 14.1. The van der Waals surface area contributed by atoms with Crippen LogP contribution in [0.25, 0.3) is 0 Å². The van der Waals surface area contributed by atoms with Crippen LogP contribution in [0.1, 0.15) is 25.3 Å². The van der Waals surface area contributed by atoms with Crippen LogP contribution >= 0.6 is 0 Å². The molecule has 1 heterocycles. The van der Waals surface area contributed by atoms with E-state index in [1.807, 2.05) is 6.07 Å². The first-order valence-corrected chi connectivity index (χ1v) is 8.32. The van der Waals surface area contributed by atoms with Crippen molar-refractivity contribution in [2.75, 3.05) is 33.2 Å². The Morgan fingerprint density at radius 2 is 1.87 bits per heavy atom. The average Bonchev–Trinajstić information content (AvgIpc) is 2.55.